The number of phenolic OH excluding ortho intramolecular Hbond substituents is 1. The largest absolute Gasteiger partial charge is 0.507 e. The molecule has 0 bridgehead atoms. The third-order valence-corrected chi connectivity index (χ3v) is 3.97. The molecular weight excluding hydrogens is 322 g/mol. The Hall–Kier alpha value is -2.41. The van der Waals surface area contributed by atoms with Gasteiger partial charge in [0.15, 0.2) is 5.82 Å². The van der Waals surface area contributed by atoms with E-state index in [-0.39, 0.29) is 41.6 Å². The van der Waals surface area contributed by atoms with Crippen molar-refractivity contribution < 1.29 is 19.5 Å². The zero-order valence-electron chi connectivity index (χ0n) is 15.0. The van der Waals surface area contributed by atoms with Crippen molar-refractivity contribution in [3.05, 3.63) is 40.5 Å². The molecule has 0 aliphatic heterocycles. The Morgan fingerprint density at radius 3 is 2.52 bits per heavy atom. The Morgan fingerprint density at radius 1 is 1.24 bits per heavy atom. The van der Waals surface area contributed by atoms with Gasteiger partial charge in [0.1, 0.15) is 12.4 Å². The second kappa shape index (κ2) is 8.11. The van der Waals surface area contributed by atoms with Gasteiger partial charge in [0.05, 0.1) is 5.56 Å². The molecule has 0 unspecified atom stereocenters. The number of nitrogens with zero attached hydrogens (tertiary/aromatic N) is 2. The number of hydrogen-bond donors (Lipinski definition) is 3. The number of carbonyl (C=O) groups excluding carboxylic acids is 1. The molecule has 1 amide bonds. The van der Waals surface area contributed by atoms with Crippen molar-refractivity contribution in [1.29, 1.82) is 0 Å². The Kier molecular flexibility index (Phi) is 6.14. The van der Waals surface area contributed by atoms with Crippen molar-refractivity contribution in [2.75, 3.05) is 6.54 Å². The van der Waals surface area contributed by atoms with Gasteiger partial charge in [0.25, 0.3) is 11.8 Å². The normalized spacial score (nSPS) is 11.3. The number of aliphatic hydroxyl groups excluding tert-OH is 1. The van der Waals surface area contributed by atoms with Crippen LogP contribution in [0, 0.1) is 0 Å². The van der Waals surface area contributed by atoms with Gasteiger partial charge in [0, 0.05) is 13.0 Å². The van der Waals surface area contributed by atoms with Crippen molar-refractivity contribution >= 4 is 5.91 Å². The first-order valence-corrected chi connectivity index (χ1v) is 8.40. The lowest BCUT2D eigenvalue weighted by Crippen LogP contribution is -2.26. The number of aromatic nitrogens is 2. The van der Waals surface area contributed by atoms with Crippen molar-refractivity contribution in [3.8, 4) is 5.75 Å². The number of hydrogen-bond acceptors (Lipinski definition) is 6. The van der Waals surface area contributed by atoms with Crippen LogP contribution in [0.4, 0.5) is 0 Å². The summed E-state index contributed by atoms with van der Waals surface area (Å²) >= 11 is 0. The molecule has 7 nitrogen and oxygen atoms in total. The van der Waals surface area contributed by atoms with E-state index in [4.69, 9.17) is 9.63 Å². The van der Waals surface area contributed by atoms with Crippen LogP contribution in [0.15, 0.2) is 16.7 Å². The van der Waals surface area contributed by atoms with Crippen molar-refractivity contribution in [2.45, 2.75) is 52.6 Å². The molecule has 7 heteroatoms. The van der Waals surface area contributed by atoms with Gasteiger partial charge >= 0.3 is 0 Å². The third-order valence-electron chi connectivity index (χ3n) is 3.97. The fraction of sp³-hybridized carbons (Fsp3) is 0.500. The van der Waals surface area contributed by atoms with Crippen LogP contribution in [0.5, 0.6) is 5.75 Å². The highest BCUT2D eigenvalue weighted by atomic mass is 16.5. The lowest BCUT2D eigenvalue weighted by atomic mass is 9.91. The van der Waals surface area contributed by atoms with E-state index in [9.17, 15) is 9.90 Å². The summed E-state index contributed by atoms with van der Waals surface area (Å²) in [5, 5.41) is 25.8. The second-order valence-corrected chi connectivity index (χ2v) is 6.58. The molecule has 0 aliphatic rings. The number of amides is 1. The molecule has 1 heterocycles. The van der Waals surface area contributed by atoms with Crippen LogP contribution in [0.3, 0.4) is 0 Å². The molecule has 25 heavy (non-hydrogen) atoms. The molecule has 0 fully saturated rings. The number of phenols is 1. The van der Waals surface area contributed by atoms with Crippen LogP contribution in [0.25, 0.3) is 0 Å². The predicted molar refractivity (Wildman–Crippen MR) is 92.5 cm³/mol. The number of rotatable bonds is 7. The van der Waals surface area contributed by atoms with E-state index >= 15 is 0 Å². The molecule has 1 aromatic carbocycles. The van der Waals surface area contributed by atoms with Gasteiger partial charge in [0.2, 0.25) is 0 Å². The van der Waals surface area contributed by atoms with Crippen LogP contribution in [-0.2, 0) is 13.0 Å². The van der Waals surface area contributed by atoms with Gasteiger partial charge in [-0.1, -0.05) is 38.9 Å². The van der Waals surface area contributed by atoms with E-state index in [2.05, 4.69) is 15.5 Å². The van der Waals surface area contributed by atoms with E-state index in [0.717, 1.165) is 11.1 Å². The lowest BCUT2D eigenvalue weighted by molar-refractivity contribution is 0.0951. The summed E-state index contributed by atoms with van der Waals surface area (Å²) in [5.74, 6) is 0.603. The standard InChI is InChI=1S/C18H25N3O4/c1-10(2)12-7-13(11(3)4)17(23)14(8-12)18(24)19-6-5-15-20-16(9-22)25-21-15/h7-8,10-11,22-23H,5-6,9H2,1-4H3,(H,19,24). The topological polar surface area (TPSA) is 108 Å². The highest BCUT2D eigenvalue weighted by Crippen LogP contribution is 2.33. The smallest absolute Gasteiger partial charge is 0.255 e. The van der Waals surface area contributed by atoms with Crippen LogP contribution in [0.1, 0.15) is 72.7 Å². The Balaban J connectivity index is 2.12. The van der Waals surface area contributed by atoms with Crippen LogP contribution in [0.2, 0.25) is 0 Å². The van der Waals surface area contributed by atoms with Crippen molar-refractivity contribution in [3.63, 3.8) is 0 Å². The molecule has 0 spiro atoms. The first-order valence-electron chi connectivity index (χ1n) is 8.40. The average Bonchev–Trinajstić information content (AvgIpc) is 3.02. The molecule has 2 aromatic rings. The molecule has 2 rings (SSSR count). The molecule has 0 saturated carbocycles. The minimum Gasteiger partial charge on any atom is -0.507 e. The Morgan fingerprint density at radius 2 is 1.96 bits per heavy atom. The van der Waals surface area contributed by atoms with Gasteiger partial charge in [-0.15, -0.1) is 0 Å². The Bertz CT molecular complexity index is 738. The zero-order valence-corrected chi connectivity index (χ0v) is 15.0. The number of nitrogens with one attached hydrogen (secondary N) is 1. The monoisotopic (exact) mass is 347 g/mol. The average molecular weight is 347 g/mol. The minimum atomic E-state index is -0.340. The van der Waals surface area contributed by atoms with Crippen LogP contribution in [-0.4, -0.2) is 32.8 Å². The molecule has 0 radical (unpaired) electrons. The summed E-state index contributed by atoms with van der Waals surface area (Å²) < 4.78 is 4.80. The maximum Gasteiger partial charge on any atom is 0.255 e. The van der Waals surface area contributed by atoms with E-state index < -0.39 is 0 Å². The van der Waals surface area contributed by atoms with Crippen LogP contribution < -0.4 is 5.32 Å². The first kappa shape index (κ1) is 18.9. The fourth-order valence-corrected chi connectivity index (χ4v) is 2.47. The van der Waals surface area contributed by atoms with Gasteiger partial charge in [-0.05, 0) is 29.0 Å². The predicted octanol–water partition coefficient (Wildman–Crippen LogP) is 2.49. The Labute approximate surface area is 147 Å². The molecule has 0 aliphatic carbocycles. The summed E-state index contributed by atoms with van der Waals surface area (Å²) in [6.07, 6.45) is 0.372. The summed E-state index contributed by atoms with van der Waals surface area (Å²) in [6.45, 7) is 8.05. The summed E-state index contributed by atoms with van der Waals surface area (Å²) in [5.41, 5.74) is 2.05. The summed E-state index contributed by atoms with van der Waals surface area (Å²) in [7, 11) is 0. The van der Waals surface area contributed by atoms with E-state index in [0.29, 0.717) is 18.8 Å². The van der Waals surface area contributed by atoms with Gasteiger partial charge in [-0.25, -0.2) is 0 Å². The molecule has 0 atom stereocenters. The number of carbonyl (C=O) groups is 1. The fourth-order valence-electron chi connectivity index (χ4n) is 2.47. The third kappa shape index (κ3) is 4.57. The minimum absolute atomic E-state index is 0.0269. The quantitative estimate of drug-likeness (QED) is 0.710. The van der Waals surface area contributed by atoms with Gasteiger partial charge < -0.3 is 20.1 Å². The van der Waals surface area contributed by atoms with Crippen LogP contribution >= 0.6 is 0 Å². The number of benzene rings is 1. The SMILES string of the molecule is CC(C)c1cc(C(=O)NCCc2noc(CO)n2)c(O)c(C(C)C)c1. The van der Waals surface area contributed by atoms with Gasteiger partial charge in [-0.3, -0.25) is 4.79 Å². The van der Waals surface area contributed by atoms with Crippen molar-refractivity contribution in [1.82, 2.24) is 15.5 Å². The van der Waals surface area contributed by atoms with Gasteiger partial charge in [-0.2, -0.15) is 4.98 Å². The molecule has 1 aromatic heterocycles. The summed E-state index contributed by atoms with van der Waals surface area (Å²) in [4.78, 5) is 16.5. The number of aliphatic hydroxyl groups is 1. The molecule has 3 N–H and O–H groups in total. The highest BCUT2D eigenvalue weighted by molar-refractivity contribution is 5.97. The first-order chi connectivity index (χ1) is 11.8. The zero-order chi connectivity index (χ0) is 18.6. The van der Waals surface area contributed by atoms with E-state index in [1.165, 1.54) is 0 Å². The molecular formula is C18H25N3O4. The van der Waals surface area contributed by atoms with E-state index in [1.54, 1.807) is 6.07 Å². The second-order valence-electron chi connectivity index (χ2n) is 6.58. The molecule has 136 valence electrons. The maximum atomic E-state index is 12.5. The number of aromatic hydroxyl groups is 1. The summed E-state index contributed by atoms with van der Waals surface area (Å²) in [6, 6.07) is 3.69. The van der Waals surface area contributed by atoms with E-state index in [1.807, 2.05) is 33.8 Å². The maximum absolute atomic E-state index is 12.5. The van der Waals surface area contributed by atoms with Crippen molar-refractivity contribution in [2.24, 2.45) is 0 Å². The molecule has 0 saturated heterocycles. The lowest BCUT2D eigenvalue weighted by Gasteiger charge is -2.17. The highest BCUT2D eigenvalue weighted by Gasteiger charge is 2.19.